The van der Waals surface area contributed by atoms with Gasteiger partial charge in [0.2, 0.25) is 0 Å². The van der Waals surface area contributed by atoms with Gasteiger partial charge in [0.15, 0.2) is 5.78 Å². The molecule has 0 aromatic rings. The van der Waals surface area contributed by atoms with Crippen LogP contribution in [0.4, 0.5) is 0 Å². The van der Waals surface area contributed by atoms with Crippen LogP contribution in [0.25, 0.3) is 0 Å². The van der Waals surface area contributed by atoms with Gasteiger partial charge in [0.25, 0.3) is 0 Å². The van der Waals surface area contributed by atoms with Crippen LogP contribution in [0, 0.1) is 22.7 Å². The van der Waals surface area contributed by atoms with Crippen molar-refractivity contribution in [2.45, 2.75) is 58.8 Å². The van der Waals surface area contributed by atoms with Gasteiger partial charge in [0.05, 0.1) is 5.41 Å². The molecule has 2 saturated carbocycles. The fourth-order valence-electron chi connectivity index (χ4n) is 5.40. The van der Waals surface area contributed by atoms with Crippen LogP contribution in [-0.2, 0) is 9.59 Å². The van der Waals surface area contributed by atoms with E-state index in [0.717, 1.165) is 38.5 Å². The molecule has 0 aromatic carbocycles. The van der Waals surface area contributed by atoms with E-state index in [1.807, 2.05) is 13.0 Å². The minimum absolute atomic E-state index is 0.0656. The summed E-state index contributed by atoms with van der Waals surface area (Å²) >= 11 is 0. The maximum Gasteiger partial charge on any atom is 0.309 e. The molecule has 0 aliphatic heterocycles. The zero-order valence-corrected chi connectivity index (χ0v) is 12.4. The highest BCUT2D eigenvalue weighted by Gasteiger charge is 2.57. The first-order chi connectivity index (χ1) is 9.38. The van der Waals surface area contributed by atoms with Gasteiger partial charge in [-0.15, -0.1) is 0 Å². The number of rotatable bonds is 1. The van der Waals surface area contributed by atoms with Crippen LogP contribution in [-0.4, -0.2) is 16.9 Å². The number of hydrogen-bond acceptors (Lipinski definition) is 2. The molecule has 20 heavy (non-hydrogen) atoms. The molecule has 3 aliphatic carbocycles. The summed E-state index contributed by atoms with van der Waals surface area (Å²) < 4.78 is 0. The van der Waals surface area contributed by atoms with E-state index >= 15 is 0 Å². The highest BCUT2D eigenvalue weighted by Crippen LogP contribution is 2.62. The Labute approximate surface area is 120 Å². The van der Waals surface area contributed by atoms with Crippen LogP contribution < -0.4 is 0 Å². The van der Waals surface area contributed by atoms with E-state index in [9.17, 15) is 14.7 Å². The lowest BCUT2D eigenvalue weighted by Gasteiger charge is -2.58. The van der Waals surface area contributed by atoms with Gasteiger partial charge < -0.3 is 5.11 Å². The fraction of sp³-hybridized carbons (Fsp3) is 0.765. The van der Waals surface area contributed by atoms with E-state index in [1.165, 1.54) is 5.57 Å². The smallest absolute Gasteiger partial charge is 0.309 e. The molecule has 1 N–H and O–H groups in total. The van der Waals surface area contributed by atoms with Crippen molar-refractivity contribution in [1.29, 1.82) is 0 Å². The summed E-state index contributed by atoms with van der Waals surface area (Å²) in [6.45, 7) is 4.23. The maximum absolute atomic E-state index is 11.8. The number of ketones is 1. The second-order valence-corrected chi connectivity index (χ2v) is 7.45. The molecule has 3 rings (SSSR count). The summed E-state index contributed by atoms with van der Waals surface area (Å²) in [5.41, 5.74) is 0.783. The Morgan fingerprint density at radius 1 is 1.25 bits per heavy atom. The standard InChI is InChI=1S/C17H24O3/c1-16-8-3-9-17(2,15(19)20)14(16)7-4-11-10-12(18)5-6-13(11)16/h10,13-14H,3-9H2,1-2H3,(H,19,20)/t13-,14+,16+,17+/m0/s1. The summed E-state index contributed by atoms with van der Waals surface area (Å²) in [7, 11) is 0. The van der Waals surface area contributed by atoms with E-state index in [4.69, 9.17) is 0 Å². The van der Waals surface area contributed by atoms with Gasteiger partial charge in [-0.1, -0.05) is 18.9 Å². The van der Waals surface area contributed by atoms with Crippen molar-refractivity contribution < 1.29 is 14.7 Å². The largest absolute Gasteiger partial charge is 0.481 e. The Kier molecular flexibility index (Phi) is 3.07. The monoisotopic (exact) mass is 276 g/mol. The fourth-order valence-corrected chi connectivity index (χ4v) is 5.40. The summed E-state index contributed by atoms with van der Waals surface area (Å²) in [4.78, 5) is 23.5. The van der Waals surface area contributed by atoms with Gasteiger partial charge in [0.1, 0.15) is 0 Å². The van der Waals surface area contributed by atoms with Crippen LogP contribution in [0.15, 0.2) is 11.6 Å². The van der Waals surface area contributed by atoms with E-state index in [1.54, 1.807) is 0 Å². The minimum atomic E-state index is -0.632. The van der Waals surface area contributed by atoms with Crippen LogP contribution in [0.5, 0.6) is 0 Å². The molecular formula is C17H24O3. The second-order valence-electron chi connectivity index (χ2n) is 7.45. The van der Waals surface area contributed by atoms with E-state index < -0.39 is 11.4 Å². The van der Waals surface area contributed by atoms with Crippen molar-refractivity contribution in [2.24, 2.45) is 22.7 Å². The third-order valence-corrected chi connectivity index (χ3v) is 6.46. The molecule has 2 fully saturated rings. The minimum Gasteiger partial charge on any atom is -0.481 e. The Balaban J connectivity index is 2.01. The van der Waals surface area contributed by atoms with Gasteiger partial charge in [-0.25, -0.2) is 0 Å². The first-order valence-corrected chi connectivity index (χ1v) is 7.84. The van der Waals surface area contributed by atoms with Gasteiger partial charge in [-0.3, -0.25) is 9.59 Å². The predicted molar refractivity (Wildman–Crippen MR) is 76.2 cm³/mol. The average molecular weight is 276 g/mol. The molecular weight excluding hydrogens is 252 g/mol. The number of allylic oxidation sites excluding steroid dienone is 2. The number of carbonyl (C=O) groups is 2. The highest BCUT2D eigenvalue weighted by molar-refractivity contribution is 5.91. The van der Waals surface area contributed by atoms with Crippen molar-refractivity contribution in [3.05, 3.63) is 11.6 Å². The van der Waals surface area contributed by atoms with Gasteiger partial charge in [-0.05, 0) is 62.4 Å². The number of carboxylic acid groups (broad SMARTS) is 1. The zero-order valence-electron chi connectivity index (χ0n) is 12.4. The average Bonchev–Trinajstić information content (AvgIpc) is 2.37. The second kappa shape index (κ2) is 4.44. The lowest BCUT2D eigenvalue weighted by atomic mass is 9.46. The van der Waals surface area contributed by atoms with Crippen LogP contribution >= 0.6 is 0 Å². The van der Waals surface area contributed by atoms with Gasteiger partial charge in [-0.2, -0.15) is 0 Å². The maximum atomic E-state index is 11.8. The Morgan fingerprint density at radius 3 is 2.70 bits per heavy atom. The normalized spacial score (nSPS) is 44.3. The number of carboxylic acids is 1. The Hall–Kier alpha value is -1.12. The van der Waals surface area contributed by atoms with E-state index in [-0.39, 0.29) is 17.1 Å². The third-order valence-electron chi connectivity index (χ3n) is 6.46. The van der Waals surface area contributed by atoms with Gasteiger partial charge in [0, 0.05) is 6.42 Å². The highest BCUT2D eigenvalue weighted by atomic mass is 16.4. The Bertz CT molecular complexity index is 492. The lowest BCUT2D eigenvalue weighted by Crippen LogP contribution is -2.53. The number of aliphatic carboxylic acids is 1. The molecule has 0 saturated heterocycles. The van der Waals surface area contributed by atoms with Crippen molar-refractivity contribution in [3.63, 3.8) is 0 Å². The number of hydrogen-bond donors (Lipinski definition) is 1. The van der Waals surface area contributed by atoms with Crippen LogP contribution in [0.2, 0.25) is 0 Å². The van der Waals surface area contributed by atoms with Crippen molar-refractivity contribution in [3.8, 4) is 0 Å². The summed E-state index contributed by atoms with van der Waals surface area (Å²) in [5, 5.41) is 9.72. The van der Waals surface area contributed by atoms with Crippen molar-refractivity contribution >= 4 is 11.8 Å². The molecule has 0 bridgehead atoms. The van der Waals surface area contributed by atoms with Gasteiger partial charge >= 0.3 is 5.97 Å². The molecule has 3 heteroatoms. The topological polar surface area (TPSA) is 54.4 Å². The van der Waals surface area contributed by atoms with Crippen molar-refractivity contribution in [2.75, 3.05) is 0 Å². The molecule has 3 nitrogen and oxygen atoms in total. The van der Waals surface area contributed by atoms with E-state index in [2.05, 4.69) is 6.92 Å². The molecule has 0 radical (unpaired) electrons. The first kappa shape index (κ1) is 13.8. The molecule has 0 heterocycles. The van der Waals surface area contributed by atoms with Crippen LogP contribution in [0.3, 0.4) is 0 Å². The predicted octanol–water partition coefficient (Wildman–Crippen LogP) is 3.58. The summed E-state index contributed by atoms with van der Waals surface area (Å²) in [5.74, 6) is 0.303. The molecule has 3 aliphatic rings. The quantitative estimate of drug-likeness (QED) is 0.796. The number of fused-ring (bicyclic) bond motifs is 3. The van der Waals surface area contributed by atoms with Crippen LogP contribution in [0.1, 0.15) is 58.8 Å². The zero-order chi connectivity index (χ0) is 14.5. The third kappa shape index (κ3) is 1.78. The molecule has 0 aromatic heterocycles. The molecule has 0 amide bonds. The SMILES string of the molecule is C[C@]12CCC[C@@](C)(C(=O)O)[C@@H]1CCC1=CC(=O)CC[C@@H]12. The first-order valence-electron chi connectivity index (χ1n) is 7.84. The van der Waals surface area contributed by atoms with E-state index in [0.29, 0.717) is 12.3 Å². The Morgan fingerprint density at radius 2 is 2.00 bits per heavy atom. The summed E-state index contributed by atoms with van der Waals surface area (Å²) in [6.07, 6.45) is 8.17. The molecule has 110 valence electrons. The number of carbonyl (C=O) groups excluding carboxylic acids is 1. The molecule has 0 spiro atoms. The molecule has 0 unspecified atom stereocenters. The van der Waals surface area contributed by atoms with Crippen molar-refractivity contribution in [1.82, 2.24) is 0 Å². The summed E-state index contributed by atoms with van der Waals surface area (Å²) in [6, 6.07) is 0. The lowest BCUT2D eigenvalue weighted by molar-refractivity contribution is -0.164. The molecule has 4 atom stereocenters.